The third-order valence-corrected chi connectivity index (χ3v) is 3.06. The Morgan fingerprint density at radius 2 is 2.18 bits per heavy atom. The molecule has 0 aromatic carbocycles. The number of nitrogens with zero attached hydrogens (tertiary/aromatic N) is 2. The minimum atomic E-state index is 0.0321. The molecule has 5 nitrogen and oxygen atoms in total. The number of hydrazine groups is 1. The van der Waals surface area contributed by atoms with Crippen LogP contribution in [-0.2, 0) is 18.2 Å². The average Bonchev–Trinajstić information content (AvgIpc) is 2.49. The van der Waals surface area contributed by atoms with Gasteiger partial charge in [0.15, 0.2) is 0 Å². The normalized spacial score (nSPS) is 13.4. The van der Waals surface area contributed by atoms with Crippen LogP contribution in [0.2, 0.25) is 5.02 Å². The first-order valence-corrected chi connectivity index (χ1v) is 6.09. The van der Waals surface area contributed by atoms with E-state index in [1.54, 1.807) is 4.68 Å². The van der Waals surface area contributed by atoms with Crippen LogP contribution in [0.3, 0.4) is 0 Å². The summed E-state index contributed by atoms with van der Waals surface area (Å²) in [5.41, 5.74) is 4.55. The number of aromatic nitrogens is 2. The molecule has 1 atom stereocenters. The quantitative estimate of drug-likeness (QED) is 0.596. The minimum Gasteiger partial charge on any atom is -0.377 e. The highest BCUT2D eigenvalue weighted by Crippen LogP contribution is 2.20. The Labute approximate surface area is 107 Å². The van der Waals surface area contributed by atoms with Gasteiger partial charge in [-0.15, -0.1) is 0 Å². The number of nitrogens with two attached hydrogens (primary N) is 1. The molecule has 0 bridgehead atoms. The molecule has 1 aromatic rings. The Morgan fingerprint density at radius 1 is 1.53 bits per heavy atom. The highest BCUT2D eigenvalue weighted by molar-refractivity contribution is 6.31. The molecule has 0 aliphatic heterocycles. The van der Waals surface area contributed by atoms with Gasteiger partial charge in [0.1, 0.15) is 0 Å². The second-order valence-electron chi connectivity index (χ2n) is 4.42. The van der Waals surface area contributed by atoms with E-state index in [1.165, 1.54) is 0 Å². The lowest BCUT2D eigenvalue weighted by Crippen LogP contribution is -2.41. The second kappa shape index (κ2) is 6.35. The highest BCUT2D eigenvalue weighted by Gasteiger charge is 2.16. The maximum atomic E-state index is 6.19. The summed E-state index contributed by atoms with van der Waals surface area (Å²) in [7, 11) is 1.88. The molecule has 1 aromatic heterocycles. The van der Waals surface area contributed by atoms with Crippen molar-refractivity contribution >= 4 is 11.6 Å². The van der Waals surface area contributed by atoms with Crippen molar-refractivity contribution in [1.29, 1.82) is 0 Å². The van der Waals surface area contributed by atoms with Gasteiger partial charge < -0.3 is 4.74 Å². The molecule has 17 heavy (non-hydrogen) atoms. The fourth-order valence-electron chi connectivity index (χ4n) is 1.61. The molecule has 0 amide bonds. The molecule has 98 valence electrons. The molecule has 1 rings (SSSR count). The summed E-state index contributed by atoms with van der Waals surface area (Å²) >= 11 is 6.19. The molecular weight excluding hydrogens is 240 g/mol. The van der Waals surface area contributed by atoms with Crippen LogP contribution in [0.4, 0.5) is 0 Å². The summed E-state index contributed by atoms with van der Waals surface area (Å²) in [6.07, 6.45) is 0.883. The molecule has 0 fully saturated rings. The zero-order chi connectivity index (χ0) is 13.0. The van der Waals surface area contributed by atoms with Crippen molar-refractivity contribution in [2.45, 2.75) is 39.3 Å². The second-order valence-corrected chi connectivity index (χ2v) is 4.80. The molecule has 6 heteroatoms. The summed E-state index contributed by atoms with van der Waals surface area (Å²) in [6.45, 7) is 6.43. The van der Waals surface area contributed by atoms with Gasteiger partial charge in [-0.3, -0.25) is 16.0 Å². The van der Waals surface area contributed by atoms with E-state index in [0.29, 0.717) is 18.1 Å². The summed E-state index contributed by atoms with van der Waals surface area (Å²) in [5, 5.41) is 4.97. The molecule has 0 saturated heterocycles. The molecule has 3 N–H and O–H groups in total. The lowest BCUT2D eigenvalue weighted by atomic mass is 10.1. The maximum Gasteiger partial charge on any atom is 0.0847 e. The van der Waals surface area contributed by atoms with Crippen LogP contribution >= 0.6 is 11.6 Å². The predicted molar refractivity (Wildman–Crippen MR) is 68.9 cm³/mol. The summed E-state index contributed by atoms with van der Waals surface area (Å²) < 4.78 is 7.33. The Morgan fingerprint density at radius 3 is 2.59 bits per heavy atom. The van der Waals surface area contributed by atoms with Gasteiger partial charge >= 0.3 is 0 Å². The Bertz CT molecular complexity index is 365. The number of hydrogen-bond acceptors (Lipinski definition) is 4. The van der Waals surface area contributed by atoms with E-state index in [1.807, 2.05) is 27.8 Å². The lowest BCUT2D eigenvalue weighted by Gasteiger charge is -2.18. The highest BCUT2D eigenvalue weighted by atomic mass is 35.5. The topological polar surface area (TPSA) is 65.1 Å². The van der Waals surface area contributed by atoms with E-state index in [-0.39, 0.29) is 12.1 Å². The van der Waals surface area contributed by atoms with Crippen LogP contribution in [-0.4, -0.2) is 28.5 Å². The van der Waals surface area contributed by atoms with Crippen molar-refractivity contribution < 1.29 is 4.74 Å². The molecule has 0 aliphatic carbocycles. The first-order chi connectivity index (χ1) is 7.95. The Balaban J connectivity index is 2.67. The van der Waals surface area contributed by atoms with Gasteiger partial charge in [0, 0.05) is 13.5 Å². The molecule has 0 radical (unpaired) electrons. The van der Waals surface area contributed by atoms with Gasteiger partial charge in [-0.05, 0) is 20.8 Å². The van der Waals surface area contributed by atoms with Gasteiger partial charge in [0.2, 0.25) is 0 Å². The summed E-state index contributed by atoms with van der Waals surface area (Å²) in [4.78, 5) is 0. The molecule has 1 unspecified atom stereocenters. The largest absolute Gasteiger partial charge is 0.377 e. The molecule has 0 spiro atoms. The monoisotopic (exact) mass is 260 g/mol. The van der Waals surface area contributed by atoms with Crippen LogP contribution in [0.25, 0.3) is 0 Å². The Hall–Kier alpha value is -0.620. The Kier molecular flexibility index (Phi) is 5.39. The van der Waals surface area contributed by atoms with Gasteiger partial charge in [-0.2, -0.15) is 5.10 Å². The van der Waals surface area contributed by atoms with E-state index in [4.69, 9.17) is 22.2 Å². The average molecular weight is 261 g/mol. The van der Waals surface area contributed by atoms with Gasteiger partial charge in [-0.1, -0.05) is 11.6 Å². The van der Waals surface area contributed by atoms with Crippen molar-refractivity contribution in [3.05, 3.63) is 16.4 Å². The fraction of sp³-hybridized carbons (Fsp3) is 0.727. The smallest absolute Gasteiger partial charge is 0.0847 e. The van der Waals surface area contributed by atoms with Gasteiger partial charge in [0.05, 0.1) is 35.2 Å². The van der Waals surface area contributed by atoms with Gasteiger partial charge in [-0.25, -0.2) is 0 Å². The van der Waals surface area contributed by atoms with E-state index >= 15 is 0 Å². The lowest BCUT2D eigenvalue weighted by molar-refractivity contribution is 0.0610. The third-order valence-electron chi connectivity index (χ3n) is 2.57. The first-order valence-electron chi connectivity index (χ1n) is 5.71. The van der Waals surface area contributed by atoms with Crippen molar-refractivity contribution in [2.24, 2.45) is 12.9 Å². The van der Waals surface area contributed by atoms with Crippen LogP contribution in [0.15, 0.2) is 0 Å². The number of nitrogens with one attached hydrogen (secondary N) is 1. The SMILES string of the molecule is Cc1nn(C)c(CC(COC(C)C)NN)c1Cl. The predicted octanol–water partition coefficient (Wildman–Crippen LogP) is 1.18. The standard InChI is InChI=1S/C11H21ClN4O/c1-7(2)17-6-9(14-13)5-10-11(12)8(3)15-16(10)4/h7,9,14H,5-6,13H2,1-4H3. The molecule has 1 heterocycles. The van der Waals surface area contributed by atoms with E-state index < -0.39 is 0 Å². The third kappa shape index (κ3) is 3.96. The summed E-state index contributed by atoms with van der Waals surface area (Å²) in [6, 6.07) is 0.0321. The van der Waals surface area contributed by atoms with Crippen LogP contribution < -0.4 is 11.3 Å². The molecular formula is C11H21ClN4O. The molecule has 0 aliphatic rings. The maximum absolute atomic E-state index is 6.19. The van der Waals surface area contributed by atoms with Crippen molar-refractivity contribution in [2.75, 3.05) is 6.61 Å². The van der Waals surface area contributed by atoms with E-state index in [0.717, 1.165) is 11.4 Å². The van der Waals surface area contributed by atoms with Crippen molar-refractivity contribution in [1.82, 2.24) is 15.2 Å². The van der Waals surface area contributed by atoms with Crippen LogP contribution in [0.5, 0.6) is 0 Å². The van der Waals surface area contributed by atoms with Crippen LogP contribution in [0.1, 0.15) is 25.2 Å². The van der Waals surface area contributed by atoms with Crippen molar-refractivity contribution in [3.63, 3.8) is 0 Å². The van der Waals surface area contributed by atoms with Gasteiger partial charge in [0.25, 0.3) is 0 Å². The minimum absolute atomic E-state index is 0.0321. The number of hydrogen-bond donors (Lipinski definition) is 2. The number of rotatable bonds is 6. The number of ether oxygens (including phenoxy) is 1. The zero-order valence-electron chi connectivity index (χ0n) is 10.8. The number of halogens is 1. The first kappa shape index (κ1) is 14.4. The van der Waals surface area contributed by atoms with Crippen molar-refractivity contribution in [3.8, 4) is 0 Å². The van der Waals surface area contributed by atoms with E-state index in [2.05, 4.69) is 10.5 Å². The number of aryl methyl sites for hydroxylation is 2. The zero-order valence-corrected chi connectivity index (χ0v) is 11.6. The van der Waals surface area contributed by atoms with Crippen LogP contribution in [0, 0.1) is 6.92 Å². The van der Waals surface area contributed by atoms with E-state index in [9.17, 15) is 0 Å². The fourth-order valence-corrected chi connectivity index (χ4v) is 1.85. The molecule has 0 saturated carbocycles. The summed E-state index contributed by atoms with van der Waals surface area (Å²) in [5.74, 6) is 5.51.